The molecule has 1 aromatic heterocycles. The van der Waals surface area contributed by atoms with Gasteiger partial charge in [0.2, 0.25) is 39.6 Å². The monoisotopic (exact) mass is 1380 g/mol. The average molecular weight is 1380 g/mol. The van der Waals surface area contributed by atoms with E-state index >= 15 is 0 Å². The molecule has 3 aromatic rings. The molecule has 27 heteroatoms. The second kappa shape index (κ2) is 37.2. The molecule has 7 amide bonds. The van der Waals surface area contributed by atoms with Crippen LogP contribution in [0.25, 0.3) is 11.0 Å². The molecule has 1 saturated heterocycles. The van der Waals surface area contributed by atoms with Gasteiger partial charge in [-0.15, -0.1) is 0 Å². The fourth-order valence-corrected chi connectivity index (χ4v) is 13.0. The van der Waals surface area contributed by atoms with Crippen molar-refractivity contribution in [2.24, 2.45) is 17.8 Å². The maximum absolute atomic E-state index is 14.4. The van der Waals surface area contributed by atoms with Crippen molar-refractivity contribution in [2.45, 2.75) is 138 Å². The third-order valence-corrected chi connectivity index (χ3v) is 18.9. The molecule has 5 rings (SSSR count). The molecule has 2 heterocycles. The molecule has 4 N–H and O–H groups in total. The molecule has 1 unspecified atom stereocenters. The highest BCUT2D eigenvalue weighted by Gasteiger charge is 2.44. The van der Waals surface area contributed by atoms with Gasteiger partial charge < -0.3 is 59.1 Å². The number of nitrogens with zero attached hydrogens (tertiary/aromatic N) is 5. The van der Waals surface area contributed by atoms with E-state index in [1.165, 1.54) is 24.0 Å². The lowest BCUT2D eigenvalue weighted by Crippen LogP contribution is -2.56. The van der Waals surface area contributed by atoms with Gasteiger partial charge in [-0.25, -0.2) is 18.4 Å². The average Bonchev–Trinajstić information content (AvgIpc) is 2.96. The van der Waals surface area contributed by atoms with E-state index in [0.29, 0.717) is 111 Å². The third kappa shape index (κ3) is 22.0. The Morgan fingerprint density at radius 2 is 1.34 bits per heavy atom. The molecule has 1 saturated carbocycles. The van der Waals surface area contributed by atoms with Crippen molar-refractivity contribution in [3.8, 4) is 0 Å². The maximum Gasteiger partial charge on any atom is 0.256 e. The zero-order valence-corrected chi connectivity index (χ0v) is 56.3. The van der Waals surface area contributed by atoms with E-state index in [1.807, 2.05) is 33.8 Å². The van der Waals surface area contributed by atoms with Gasteiger partial charge in [0.15, 0.2) is 0 Å². The highest BCUT2D eigenvalue weighted by molar-refractivity contribution is 9.09. The number of rotatable bonds is 40. The summed E-state index contributed by atoms with van der Waals surface area (Å²) in [5.74, 6) is -4.48. The summed E-state index contributed by atoms with van der Waals surface area (Å²) in [7, 11) is 2.19. The number of carbonyl (C=O) groups excluding carboxylic acids is 7. The van der Waals surface area contributed by atoms with E-state index in [0.717, 1.165) is 11.4 Å². The minimum Gasteiger partial charge on any atom is -0.379 e. The SMILES string of the molecule is CC[C@H](C)[C@@H]([C@@H](CC(=O)N1CCC[C@H]1[C@H](OC)[C@@H](C)C(=O)N[C@@H](Cc1ccccc1)C(=O)NS(=O)(=O)C1CC1)OC)N(C)C(=O)CNC(=O)C(C(C)C)N(C)C(=O)CCOCCOCCOCCOCCNC(=O)c1ccc2nc(CBr)c(CBr)nc2c1. The summed E-state index contributed by atoms with van der Waals surface area (Å²) in [6, 6.07) is 10.9. The number of hydrogen-bond acceptors (Lipinski definition) is 17. The number of carbonyl (C=O) groups is 7. The Balaban J connectivity index is 1.00. The van der Waals surface area contributed by atoms with Crippen molar-refractivity contribution in [3.63, 3.8) is 0 Å². The first kappa shape index (κ1) is 73.5. The largest absolute Gasteiger partial charge is 0.379 e. The molecule has 1 aliphatic carbocycles. The Hall–Kier alpha value is -5.26. The van der Waals surface area contributed by atoms with Crippen LogP contribution >= 0.6 is 31.9 Å². The quantitative estimate of drug-likeness (QED) is 0.0451. The topological polar surface area (TPSA) is 293 Å². The van der Waals surface area contributed by atoms with Crippen molar-refractivity contribution >= 4 is 94.3 Å². The highest BCUT2D eigenvalue weighted by atomic mass is 79.9. The van der Waals surface area contributed by atoms with Gasteiger partial charge in [-0.05, 0) is 61.3 Å². The van der Waals surface area contributed by atoms with Gasteiger partial charge in [-0.2, -0.15) is 0 Å². The number of amides is 7. The zero-order valence-electron chi connectivity index (χ0n) is 52.3. The highest BCUT2D eigenvalue weighted by Crippen LogP contribution is 2.31. The number of methoxy groups -OCH3 is 2. The number of halogens is 2. The van der Waals surface area contributed by atoms with Crippen molar-refractivity contribution in [1.82, 2.24) is 45.3 Å². The number of benzene rings is 2. The van der Waals surface area contributed by atoms with E-state index < -0.39 is 81.2 Å². The van der Waals surface area contributed by atoms with Gasteiger partial charge in [0.05, 0.1) is 130 Å². The Kier molecular flexibility index (Phi) is 31.0. The standard InChI is InChI=1S/C61H91Br2N9O15S/c1-10-40(4)56(51(82-8)35-53(74)72-24-14-17-50(72)57(83-9)41(5)58(76)68-47(33-42-15-12-11-13-16-42)60(78)69-88(80,81)44-19-20-44)71(7)54(75)38-65-61(79)55(39(2)3)70(6)52(73)22-25-84-27-29-86-31-32-87-30-28-85-26-23-64-59(77)43-18-21-45-46(34-43)67-49(37-63)48(36-62)66-45/h11-13,15-16,18,21,34,39-41,44,47,50-51,55-57H,10,14,17,19-20,22-33,35-38H2,1-9H3,(H,64,77)(H,65,79)(H,68,76)(H,69,78)/t40-,41+,47-,50-,51+,55?,56-,57+/m0/s1. The lowest BCUT2D eigenvalue weighted by molar-refractivity contribution is -0.146. The van der Waals surface area contributed by atoms with Gasteiger partial charge in [-0.1, -0.05) is 103 Å². The lowest BCUT2D eigenvalue weighted by Gasteiger charge is -2.39. The van der Waals surface area contributed by atoms with Gasteiger partial charge in [-0.3, -0.25) is 38.3 Å². The molecule has 0 bridgehead atoms. The molecular weight excluding hydrogens is 1290 g/mol. The van der Waals surface area contributed by atoms with Crippen LogP contribution in [0.2, 0.25) is 0 Å². The predicted octanol–water partition coefficient (Wildman–Crippen LogP) is 4.46. The Morgan fingerprint density at radius 3 is 1.92 bits per heavy atom. The van der Waals surface area contributed by atoms with E-state index in [-0.39, 0.29) is 75.2 Å². The summed E-state index contributed by atoms with van der Waals surface area (Å²) in [4.78, 5) is 109. The fourth-order valence-electron chi connectivity index (χ4n) is 10.8. The van der Waals surface area contributed by atoms with Crippen molar-refractivity contribution < 1.29 is 70.4 Å². The normalized spacial score (nSPS) is 16.7. The van der Waals surface area contributed by atoms with Crippen LogP contribution in [0, 0.1) is 17.8 Å². The predicted molar refractivity (Wildman–Crippen MR) is 338 cm³/mol. The van der Waals surface area contributed by atoms with Crippen LogP contribution in [-0.4, -0.2) is 217 Å². The van der Waals surface area contributed by atoms with Crippen LogP contribution in [0.5, 0.6) is 0 Å². The molecular formula is C61H91Br2N9O15S. The van der Waals surface area contributed by atoms with Crippen molar-refractivity contribution in [1.29, 1.82) is 0 Å². The minimum absolute atomic E-state index is 0.00912. The molecule has 2 aliphatic rings. The van der Waals surface area contributed by atoms with E-state index in [1.54, 1.807) is 68.4 Å². The number of ether oxygens (including phenoxy) is 6. The molecule has 8 atom stereocenters. The molecule has 2 aromatic carbocycles. The third-order valence-electron chi connectivity index (χ3n) is 16.0. The molecule has 0 spiro atoms. The molecule has 490 valence electrons. The number of hydrogen-bond donors (Lipinski definition) is 4. The Bertz CT molecular complexity index is 2880. The van der Waals surface area contributed by atoms with Crippen LogP contribution in [0.3, 0.4) is 0 Å². The first-order valence-corrected chi connectivity index (χ1v) is 33.9. The lowest BCUT2D eigenvalue weighted by atomic mass is 9.90. The molecule has 1 aliphatic heterocycles. The van der Waals surface area contributed by atoms with Gasteiger partial charge >= 0.3 is 0 Å². The van der Waals surface area contributed by atoms with Crippen LogP contribution in [0.1, 0.15) is 107 Å². The van der Waals surface area contributed by atoms with E-state index in [4.69, 9.17) is 28.4 Å². The fraction of sp³-hybridized carbons (Fsp3) is 0.656. The Morgan fingerprint density at radius 1 is 0.727 bits per heavy atom. The van der Waals surface area contributed by atoms with Crippen LogP contribution in [0.15, 0.2) is 48.5 Å². The number of aromatic nitrogens is 2. The summed E-state index contributed by atoms with van der Waals surface area (Å²) >= 11 is 6.88. The van der Waals surface area contributed by atoms with Crippen LogP contribution in [-0.2, 0) is 84.3 Å². The van der Waals surface area contributed by atoms with E-state index in [2.05, 4.69) is 62.5 Å². The number of nitrogens with one attached hydrogen (secondary N) is 4. The summed E-state index contributed by atoms with van der Waals surface area (Å²) < 4.78 is 62.0. The first-order valence-electron chi connectivity index (χ1n) is 30.1. The number of fused-ring (bicyclic) bond motifs is 1. The summed E-state index contributed by atoms with van der Waals surface area (Å²) in [5.41, 5.74) is 4.21. The molecule has 0 radical (unpaired) electrons. The molecule has 88 heavy (non-hydrogen) atoms. The number of alkyl halides is 2. The number of likely N-dealkylation sites (tertiary alicyclic amines) is 1. The molecule has 2 fully saturated rings. The van der Waals surface area contributed by atoms with Gasteiger partial charge in [0.25, 0.3) is 11.8 Å². The zero-order chi connectivity index (χ0) is 64.5. The first-order chi connectivity index (χ1) is 42.1. The second-order valence-electron chi connectivity index (χ2n) is 22.6. The van der Waals surface area contributed by atoms with Crippen LogP contribution in [0.4, 0.5) is 0 Å². The van der Waals surface area contributed by atoms with Gasteiger partial charge in [0.1, 0.15) is 12.1 Å². The number of sulfonamides is 1. The number of likely N-dealkylation sites (N-methyl/N-ethyl adjacent to an activating group) is 2. The van der Waals surface area contributed by atoms with Gasteiger partial charge in [0, 0.05) is 64.0 Å². The van der Waals surface area contributed by atoms with E-state index in [9.17, 15) is 42.0 Å². The maximum atomic E-state index is 14.4. The smallest absolute Gasteiger partial charge is 0.256 e. The Labute approximate surface area is 535 Å². The summed E-state index contributed by atoms with van der Waals surface area (Å²) in [5, 5.41) is 8.86. The van der Waals surface area contributed by atoms with Crippen molar-refractivity contribution in [3.05, 3.63) is 71.0 Å². The molecule has 24 nitrogen and oxygen atoms in total. The summed E-state index contributed by atoms with van der Waals surface area (Å²) in [6.07, 6.45) is 1.07. The summed E-state index contributed by atoms with van der Waals surface area (Å²) in [6.45, 7) is 11.8. The minimum atomic E-state index is -3.90. The second-order valence-corrected chi connectivity index (χ2v) is 25.6. The van der Waals surface area contributed by atoms with Crippen molar-refractivity contribution in [2.75, 3.05) is 101 Å². The van der Waals surface area contributed by atoms with Crippen LogP contribution < -0.4 is 20.7 Å².